The molecule has 0 aromatic heterocycles. The van der Waals surface area contributed by atoms with Crippen LogP contribution in [0.4, 0.5) is 0 Å². The first-order chi connectivity index (χ1) is 11.8. The van der Waals surface area contributed by atoms with Gasteiger partial charge in [-0.15, -0.1) is 0 Å². The minimum Gasteiger partial charge on any atom is -0.481 e. The maximum absolute atomic E-state index is 12.0. The fourth-order valence-corrected chi connectivity index (χ4v) is 3.47. The molecule has 9 heteroatoms. The Morgan fingerprint density at radius 3 is 2.60 bits per heavy atom. The lowest BCUT2D eigenvalue weighted by Gasteiger charge is -2.26. The molecule has 0 amide bonds. The summed E-state index contributed by atoms with van der Waals surface area (Å²) in [5, 5.41) is 9.31. The Labute approximate surface area is 142 Å². The van der Waals surface area contributed by atoms with Gasteiger partial charge in [-0.2, -0.15) is 0 Å². The van der Waals surface area contributed by atoms with Crippen LogP contribution in [0.1, 0.15) is 19.8 Å². The van der Waals surface area contributed by atoms with E-state index in [2.05, 4.69) is 6.58 Å². The maximum atomic E-state index is 12.0. The number of rotatable bonds is 7. The Morgan fingerprint density at radius 1 is 1.24 bits per heavy atom. The SMILES string of the molecule is C=C(C)C(=O)OCCCC(=O)OC1C2OC(=O)C3C2OC1C3C(=O)O. The highest BCUT2D eigenvalue weighted by molar-refractivity contribution is 5.87. The summed E-state index contributed by atoms with van der Waals surface area (Å²) in [6, 6.07) is 0. The third-order valence-corrected chi connectivity index (χ3v) is 4.56. The monoisotopic (exact) mass is 354 g/mol. The molecule has 3 fully saturated rings. The van der Waals surface area contributed by atoms with Gasteiger partial charge < -0.3 is 24.1 Å². The molecule has 3 aliphatic rings. The number of hydrogen-bond donors (Lipinski definition) is 1. The predicted molar refractivity (Wildman–Crippen MR) is 78.0 cm³/mol. The van der Waals surface area contributed by atoms with Crippen LogP contribution in [-0.4, -0.2) is 60.0 Å². The highest BCUT2D eigenvalue weighted by Gasteiger charge is 2.71. The third kappa shape index (κ3) is 2.99. The van der Waals surface area contributed by atoms with E-state index >= 15 is 0 Å². The normalized spacial score (nSPS) is 34.5. The zero-order valence-electron chi connectivity index (χ0n) is 13.5. The van der Waals surface area contributed by atoms with Gasteiger partial charge in [0.2, 0.25) is 0 Å². The van der Waals surface area contributed by atoms with Crippen LogP contribution in [0.25, 0.3) is 0 Å². The van der Waals surface area contributed by atoms with E-state index in [0.717, 1.165) is 0 Å². The number of carbonyl (C=O) groups is 4. The zero-order valence-corrected chi connectivity index (χ0v) is 13.5. The second-order valence-corrected chi connectivity index (χ2v) is 6.33. The van der Waals surface area contributed by atoms with Crippen molar-refractivity contribution in [3.63, 3.8) is 0 Å². The molecule has 0 spiro atoms. The van der Waals surface area contributed by atoms with Gasteiger partial charge in [-0.3, -0.25) is 14.4 Å². The molecular weight excluding hydrogens is 336 g/mol. The summed E-state index contributed by atoms with van der Waals surface area (Å²) in [6.07, 6.45) is -3.06. The van der Waals surface area contributed by atoms with Crippen LogP contribution in [-0.2, 0) is 38.1 Å². The van der Waals surface area contributed by atoms with Gasteiger partial charge in [0.05, 0.1) is 6.61 Å². The minimum atomic E-state index is -1.18. The van der Waals surface area contributed by atoms with Crippen LogP contribution in [0.2, 0.25) is 0 Å². The Balaban J connectivity index is 1.52. The summed E-state index contributed by atoms with van der Waals surface area (Å²) < 4.78 is 20.8. The fraction of sp³-hybridized carbons (Fsp3) is 0.625. The van der Waals surface area contributed by atoms with Gasteiger partial charge in [-0.25, -0.2) is 4.79 Å². The molecular formula is C16H18O9. The second kappa shape index (κ2) is 6.47. The van der Waals surface area contributed by atoms with Gasteiger partial charge in [0, 0.05) is 12.0 Å². The molecule has 3 aliphatic heterocycles. The number of hydrogen-bond acceptors (Lipinski definition) is 8. The lowest BCUT2D eigenvalue weighted by Crippen LogP contribution is -2.47. The van der Waals surface area contributed by atoms with Crippen LogP contribution >= 0.6 is 0 Å². The number of aliphatic carboxylic acids is 1. The van der Waals surface area contributed by atoms with Crippen LogP contribution in [0.5, 0.6) is 0 Å². The molecule has 3 saturated heterocycles. The van der Waals surface area contributed by atoms with Gasteiger partial charge in [0.1, 0.15) is 24.0 Å². The van der Waals surface area contributed by atoms with Gasteiger partial charge in [0.15, 0.2) is 12.2 Å². The Morgan fingerprint density at radius 2 is 1.96 bits per heavy atom. The van der Waals surface area contributed by atoms with Crippen molar-refractivity contribution in [3.8, 4) is 0 Å². The largest absolute Gasteiger partial charge is 0.481 e. The van der Waals surface area contributed by atoms with E-state index in [1.54, 1.807) is 0 Å². The van der Waals surface area contributed by atoms with Crippen molar-refractivity contribution in [2.75, 3.05) is 6.61 Å². The van der Waals surface area contributed by atoms with Crippen molar-refractivity contribution >= 4 is 23.9 Å². The highest BCUT2D eigenvalue weighted by atomic mass is 16.7. The molecule has 1 N–H and O–H groups in total. The van der Waals surface area contributed by atoms with Crippen molar-refractivity contribution in [2.24, 2.45) is 11.8 Å². The molecule has 0 aliphatic carbocycles. The predicted octanol–water partition coefficient (Wildman–Crippen LogP) is -0.179. The molecule has 3 heterocycles. The van der Waals surface area contributed by atoms with E-state index in [1.807, 2.05) is 0 Å². The summed E-state index contributed by atoms with van der Waals surface area (Å²) >= 11 is 0. The van der Waals surface area contributed by atoms with E-state index in [-0.39, 0.29) is 25.0 Å². The summed E-state index contributed by atoms with van der Waals surface area (Å²) in [7, 11) is 0. The zero-order chi connectivity index (χ0) is 18.3. The lowest BCUT2D eigenvalue weighted by atomic mass is 9.78. The summed E-state index contributed by atoms with van der Waals surface area (Å²) in [6.45, 7) is 4.99. The first-order valence-corrected chi connectivity index (χ1v) is 7.92. The van der Waals surface area contributed by atoms with Crippen molar-refractivity contribution in [2.45, 2.75) is 44.2 Å². The smallest absolute Gasteiger partial charge is 0.333 e. The molecule has 0 radical (unpaired) electrons. The quantitative estimate of drug-likeness (QED) is 0.287. The summed E-state index contributed by atoms with van der Waals surface area (Å²) in [5.74, 6) is -4.87. The van der Waals surface area contributed by atoms with Crippen molar-refractivity contribution in [1.82, 2.24) is 0 Å². The number of ether oxygens (including phenoxy) is 4. The van der Waals surface area contributed by atoms with Gasteiger partial charge in [-0.1, -0.05) is 6.58 Å². The number of esters is 3. The molecule has 136 valence electrons. The van der Waals surface area contributed by atoms with Gasteiger partial charge in [-0.05, 0) is 13.3 Å². The molecule has 6 atom stereocenters. The Kier molecular flexibility index (Phi) is 4.51. The fourth-order valence-electron chi connectivity index (χ4n) is 3.47. The Hall–Kier alpha value is -2.42. The van der Waals surface area contributed by atoms with Crippen LogP contribution in [0.3, 0.4) is 0 Å². The topological polar surface area (TPSA) is 125 Å². The van der Waals surface area contributed by atoms with E-state index in [0.29, 0.717) is 0 Å². The molecule has 0 aromatic carbocycles. The molecule has 3 rings (SSSR count). The molecule has 0 saturated carbocycles. The number of carboxylic acid groups (broad SMARTS) is 1. The standard InChI is InChI=1S/C16H18O9/c1-6(2)15(20)22-5-3-4-7(17)23-12-10-8(14(18)19)9-11(24-10)13(12)25-16(9)21/h8-13H,1,3-5H2,2H3,(H,18,19). The highest BCUT2D eigenvalue weighted by Crippen LogP contribution is 2.51. The third-order valence-electron chi connectivity index (χ3n) is 4.56. The molecule has 25 heavy (non-hydrogen) atoms. The van der Waals surface area contributed by atoms with Gasteiger partial charge >= 0.3 is 23.9 Å². The van der Waals surface area contributed by atoms with E-state index in [9.17, 15) is 24.3 Å². The van der Waals surface area contributed by atoms with Crippen LogP contribution in [0, 0.1) is 11.8 Å². The van der Waals surface area contributed by atoms with E-state index in [1.165, 1.54) is 6.92 Å². The van der Waals surface area contributed by atoms with Crippen molar-refractivity contribution in [1.29, 1.82) is 0 Å². The maximum Gasteiger partial charge on any atom is 0.333 e. The van der Waals surface area contributed by atoms with Crippen molar-refractivity contribution < 1.29 is 43.2 Å². The number of carboxylic acids is 1. The summed E-state index contributed by atoms with van der Waals surface area (Å²) in [5.41, 5.74) is 0.263. The first-order valence-electron chi connectivity index (χ1n) is 7.92. The minimum absolute atomic E-state index is 0.0286. The molecule has 0 aromatic rings. The first kappa shape index (κ1) is 17.4. The average molecular weight is 354 g/mol. The second-order valence-electron chi connectivity index (χ2n) is 6.33. The average Bonchev–Trinajstić information content (AvgIpc) is 3.14. The van der Waals surface area contributed by atoms with Crippen molar-refractivity contribution in [3.05, 3.63) is 12.2 Å². The lowest BCUT2D eigenvalue weighted by molar-refractivity contribution is -0.162. The van der Waals surface area contributed by atoms with Gasteiger partial charge in [0.25, 0.3) is 0 Å². The Bertz CT molecular complexity index is 640. The van der Waals surface area contributed by atoms with E-state index < -0.39 is 60.1 Å². The van der Waals surface area contributed by atoms with Crippen LogP contribution in [0.15, 0.2) is 12.2 Å². The number of fused-ring (bicyclic) bond motifs is 1. The number of carbonyl (C=O) groups excluding carboxylic acids is 3. The van der Waals surface area contributed by atoms with Crippen LogP contribution < -0.4 is 0 Å². The molecule has 6 unspecified atom stereocenters. The van der Waals surface area contributed by atoms with E-state index in [4.69, 9.17) is 18.9 Å². The molecule has 2 bridgehead atoms. The summed E-state index contributed by atoms with van der Waals surface area (Å²) in [4.78, 5) is 46.4. The molecule has 9 nitrogen and oxygen atoms in total.